The SMILES string of the molecule is CCCCN(CC(CNC(=O)[C@@H]1CCCN1C(=O)OCC1c2ccccc2-c2ccccc21)C(=O)O)C(=O)N[C@@H](Cc1ccc(-c2ccsc2)cc1)C(=O)OC. The van der Waals surface area contributed by atoms with E-state index in [4.69, 9.17) is 9.47 Å². The first kappa shape index (κ1) is 40.0. The molecule has 3 N–H and O–H groups in total. The quantitative estimate of drug-likeness (QED) is 0.108. The van der Waals surface area contributed by atoms with Crippen LogP contribution in [0.2, 0.25) is 0 Å². The van der Waals surface area contributed by atoms with E-state index >= 15 is 0 Å². The van der Waals surface area contributed by atoms with E-state index in [1.165, 1.54) is 16.9 Å². The molecular weight excluding hydrogens is 733 g/mol. The summed E-state index contributed by atoms with van der Waals surface area (Å²) >= 11 is 1.60. The molecule has 56 heavy (non-hydrogen) atoms. The number of nitrogens with one attached hydrogen (secondary N) is 2. The van der Waals surface area contributed by atoms with Gasteiger partial charge in [-0.25, -0.2) is 14.4 Å². The number of hydrogen-bond acceptors (Lipinski definition) is 8. The van der Waals surface area contributed by atoms with Crippen LogP contribution in [0.1, 0.15) is 55.2 Å². The van der Waals surface area contributed by atoms with Crippen molar-refractivity contribution in [2.75, 3.05) is 39.9 Å². The molecule has 6 rings (SSSR count). The number of ether oxygens (including phenoxy) is 2. The minimum absolute atomic E-state index is 0.118. The van der Waals surface area contributed by atoms with E-state index in [9.17, 15) is 29.1 Å². The molecule has 13 heteroatoms. The Bertz CT molecular complexity index is 1960. The number of carboxylic acids is 1. The van der Waals surface area contributed by atoms with Crippen LogP contribution >= 0.6 is 11.3 Å². The number of rotatable bonds is 16. The van der Waals surface area contributed by atoms with Gasteiger partial charge >= 0.3 is 24.1 Å². The van der Waals surface area contributed by atoms with Gasteiger partial charge in [-0.05, 0) is 75.0 Å². The van der Waals surface area contributed by atoms with Crippen LogP contribution < -0.4 is 10.6 Å². The second kappa shape index (κ2) is 18.8. The number of aliphatic carboxylic acids is 1. The number of likely N-dealkylation sites (tertiary alicyclic amines) is 1. The summed E-state index contributed by atoms with van der Waals surface area (Å²) in [7, 11) is 1.25. The van der Waals surface area contributed by atoms with Gasteiger partial charge in [0.25, 0.3) is 0 Å². The van der Waals surface area contributed by atoms with Crippen LogP contribution in [0.15, 0.2) is 89.6 Å². The monoisotopic (exact) mass is 780 g/mol. The summed E-state index contributed by atoms with van der Waals surface area (Å²) in [6, 6.07) is 23.4. The Morgan fingerprint density at radius 3 is 2.27 bits per heavy atom. The lowest BCUT2D eigenvalue weighted by Crippen LogP contribution is -2.53. The topological polar surface area (TPSA) is 155 Å². The largest absolute Gasteiger partial charge is 0.481 e. The summed E-state index contributed by atoms with van der Waals surface area (Å²) in [6.07, 6.45) is 1.91. The number of amides is 4. The molecule has 1 aromatic heterocycles. The van der Waals surface area contributed by atoms with Gasteiger partial charge in [-0.1, -0.05) is 86.1 Å². The first-order valence-corrected chi connectivity index (χ1v) is 20.0. The zero-order valence-corrected chi connectivity index (χ0v) is 32.5. The molecule has 1 aliphatic heterocycles. The maximum absolute atomic E-state index is 13.7. The van der Waals surface area contributed by atoms with E-state index in [0.29, 0.717) is 25.8 Å². The normalized spacial score (nSPS) is 15.6. The van der Waals surface area contributed by atoms with Crippen molar-refractivity contribution in [2.24, 2.45) is 5.92 Å². The Kier molecular flexibility index (Phi) is 13.4. The smallest absolute Gasteiger partial charge is 0.410 e. The summed E-state index contributed by atoms with van der Waals surface area (Å²) in [6.45, 7) is 2.16. The molecule has 0 saturated carbocycles. The minimum Gasteiger partial charge on any atom is -0.481 e. The van der Waals surface area contributed by atoms with Crippen LogP contribution in [0.4, 0.5) is 9.59 Å². The number of hydrogen-bond donors (Lipinski definition) is 3. The lowest BCUT2D eigenvalue weighted by molar-refractivity contribution is -0.144. The fraction of sp³-hybridized carbons (Fsp3) is 0.372. The molecule has 3 atom stereocenters. The van der Waals surface area contributed by atoms with Crippen molar-refractivity contribution in [1.29, 1.82) is 0 Å². The van der Waals surface area contributed by atoms with Crippen molar-refractivity contribution in [3.8, 4) is 22.3 Å². The fourth-order valence-corrected chi connectivity index (χ4v) is 8.14. The number of methoxy groups -OCH3 is 1. The van der Waals surface area contributed by atoms with Gasteiger partial charge in [-0.2, -0.15) is 11.3 Å². The van der Waals surface area contributed by atoms with Gasteiger partial charge < -0.3 is 30.1 Å². The average Bonchev–Trinajstić information content (AvgIpc) is 4.00. The molecule has 294 valence electrons. The highest BCUT2D eigenvalue weighted by Crippen LogP contribution is 2.44. The fourth-order valence-electron chi connectivity index (χ4n) is 7.47. The van der Waals surface area contributed by atoms with E-state index in [1.807, 2.05) is 84.4 Å². The molecule has 0 radical (unpaired) electrons. The average molecular weight is 781 g/mol. The Hall–Kier alpha value is -5.69. The first-order chi connectivity index (χ1) is 27.2. The Morgan fingerprint density at radius 1 is 0.946 bits per heavy atom. The number of benzene rings is 3. The third-order valence-corrected chi connectivity index (χ3v) is 11.2. The highest BCUT2D eigenvalue weighted by Gasteiger charge is 2.37. The molecule has 2 heterocycles. The van der Waals surface area contributed by atoms with Crippen LogP contribution in [0.3, 0.4) is 0 Å². The maximum atomic E-state index is 13.7. The molecule has 4 amide bonds. The van der Waals surface area contributed by atoms with Gasteiger partial charge in [0.15, 0.2) is 0 Å². The lowest BCUT2D eigenvalue weighted by Gasteiger charge is -2.29. The third-order valence-electron chi connectivity index (χ3n) is 10.5. The number of urea groups is 1. The minimum atomic E-state index is -1.20. The number of fused-ring (bicyclic) bond motifs is 3. The van der Waals surface area contributed by atoms with Gasteiger partial charge in [-0.3, -0.25) is 14.5 Å². The summed E-state index contributed by atoms with van der Waals surface area (Å²) in [5.41, 5.74) is 7.32. The summed E-state index contributed by atoms with van der Waals surface area (Å²) in [5.74, 6) is -3.60. The Balaban J connectivity index is 1.05. The van der Waals surface area contributed by atoms with Crippen LogP contribution in [-0.2, 0) is 30.3 Å². The number of thiophene rings is 1. The Labute approximate surface area is 330 Å². The van der Waals surface area contributed by atoms with E-state index in [1.54, 1.807) is 11.3 Å². The third kappa shape index (κ3) is 9.39. The molecule has 0 spiro atoms. The van der Waals surface area contributed by atoms with E-state index < -0.39 is 48.0 Å². The van der Waals surface area contributed by atoms with Crippen molar-refractivity contribution < 1.29 is 38.6 Å². The molecule has 0 bridgehead atoms. The molecule has 4 aromatic rings. The number of esters is 1. The van der Waals surface area contributed by atoms with Crippen LogP contribution in [0.25, 0.3) is 22.3 Å². The van der Waals surface area contributed by atoms with E-state index in [2.05, 4.69) is 22.8 Å². The lowest BCUT2D eigenvalue weighted by atomic mass is 9.98. The standard InChI is InChI=1S/C43H48N4O8S/c1-3-4-20-46(42(52)45-37(41(51)54-2)23-28-15-17-29(18-16-28)30-19-22-56-27-30)25-31(40(49)50)24-44-39(48)38-14-9-21-47(38)43(53)55-26-36-34-12-7-5-10-32(34)33-11-6-8-13-35(33)36/h5-8,10-13,15-19,22,27,31,36-38H,3-4,9,14,20-21,23-26H2,1-2H3,(H,44,48)(H,45,52)(H,49,50)/t31?,37-,38-/m0/s1. The summed E-state index contributed by atoms with van der Waals surface area (Å²) < 4.78 is 10.8. The van der Waals surface area contributed by atoms with E-state index in [0.717, 1.165) is 45.4 Å². The van der Waals surface area contributed by atoms with Gasteiger partial charge in [0, 0.05) is 38.5 Å². The number of unbranched alkanes of at least 4 members (excludes halogenated alkanes) is 1. The highest BCUT2D eigenvalue weighted by molar-refractivity contribution is 7.08. The van der Waals surface area contributed by atoms with E-state index in [-0.39, 0.29) is 38.6 Å². The number of nitrogens with zero attached hydrogens (tertiary/aromatic N) is 2. The molecule has 3 aromatic carbocycles. The van der Waals surface area contributed by atoms with Gasteiger partial charge in [0.05, 0.1) is 13.0 Å². The molecule has 1 saturated heterocycles. The van der Waals surface area contributed by atoms with Crippen LogP contribution in [-0.4, -0.2) is 96.9 Å². The van der Waals surface area contributed by atoms with Gasteiger partial charge in [-0.15, -0.1) is 0 Å². The molecule has 1 aliphatic carbocycles. The second-order valence-corrected chi connectivity index (χ2v) is 15.0. The predicted molar refractivity (Wildman–Crippen MR) is 213 cm³/mol. The molecule has 2 aliphatic rings. The molecule has 12 nitrogen and oxygen atoms in total. The number of carboxylic acid groups (broad SMARTS) is 1. The zero-order valence-electron chi connectivity index (χ0n) is 31.6. The van der Waals surface area contributed by atoms with Gasteiger partial charge in [0.2, 0.25) is 5.91 Å². The van der Waals surface area contributed by atoms with Crippen molar-refractivity contribution in [3.63, 3.8) is 0 Å². The first-order valence-electron chi connectivity index (χ1n) is 19.0. The van der Waals surface area contributed by atoms with Crippen LogP contribution in [0, 0.1) is 5.92 Å². The predicted octanol–water partition coefficient (Wildman–Crippen LogP) is 6.54. The number of carbonyl (C=O) groups is 5. The molecule has 1 unspecified atom stereocenters. The zero-order chi connectivity index (χ0) is 39.6. The summed E-state index contributed by atoms with van der Waals surface area (Å²) in [4.78, 5) is 68.6. The van der Waals surface area contributed by atoms with Crippen molar-refractivity contribution >= 4 is 41.3 Å². The Morgan fingerprint density at radius 2 is 1.64 bits per heavy atom. The molecule has 1 fully saturated rings. The second-order valence-electron chi connectivity index (χ2n) is 14.2. The highest BCUT2D eigenvalue weighted by atomic mass is 32.1. The molecular formula is C43H48N4O8S. The van der Waals surface area contributed by atoms with Crippen LogP contribution in [0.5, 0.6) is 0 Å². The van der Waals surface area contributed by atoms with Gasteiger partial charge in [0.1, 0.15) is 18.7 Å². The van der Waals surface area contributed by atoms with Crippen molar-refractivity contribution in [1.82, 2.24) is 20.4 Å². The van der Waals surface area contributed by atoms with Crippen molar-refractivity contribution in [2.45, 2.75) is 57.0 Å². The maximum Gasteiger partial charge on any atom is 0.410 e. The number of carbonyl (C=O) groups excluding carboxylic acids is 4. The van der Waals surface area contributed by atoms with Crippen molar-refractivity contribution in [3.05, 3.63) is 106 Å². The summed E-state index contributed by atoms with van der Waals surface area (Å²) in [5, 5.41) is 19.7.